The van der Waals surface area contributed by atoms with Crippen molar-refractivity contribution in [2.45, 2.75) is 0 Å². The molecule has 0 aliphatic carbocycles. The van der Waals surface area contributed by atoms with Crippen molar-refractivity contribution in [3.63, 3.8) is 0 Å². The van der Waals surface area contributed by atoms with Crippen LogP contribution in [0.25, 0.3) is 20.8 Å². The van der Waals surface area contributed by atoms with Crippen molar-refractivity contribution in [2.75, 3.05) is 14.2 Å². The normalized spacial score (nSPS) is 9.68. The van der Waals surface area contributed by atoms with E-state index < -0.39 is 12.1 Å². The molecule has 0 spiro atoms. The van der Waals surface area contributed by atoms with E-state index in [-0.39, 0.29) is 11.5 Å². The second-order valence-corrected chi connectivity index (χ2v) is 9.23. The molecule has 1 aromatic heterocycles. The predicted octanol–water partition coefficient (Wildman–Crippen LogP) is 6.14. The van der Waals surface area contributed by atoms with Crippen LogP contribution in [0.2, 0.25) is 0 Å². The lowest BCUT2D eigenvalue weighted by Gasteiger charge is -2.07. The molecule has 2 N–H and O–H groups in total. The lowest BCUT2D eigenvalue weighted by molar-refractivity contribution is 0.0737. The highest BCUT2D eigenvalue weighted by Crippen LogP contribution is 2.40. The van der Waals surface area contributed by atoms with Crippen molar-refractivity contribution in [3.05, 3.63) is 107 Å². The molecule has 0 saturated carbocycles. The molecule has 1 amide bonds. The smallest absolute Gasteiger partial charge is 0.475 e. The van der Waals surface area contributed by atoms with Crippen molar-refractivity contribution < 1.29 is 38.8 Å². The van der Waals surface area contributed by atoms with Crippen LogP contribution in [-0.2, 0) is 0 Å². The SMILES string of the molecule is CO.COc1ccc(OC(=O)c2ccc(O)cc2)c2sc(-c3ccc(C#N)cc3)nc12.O=Cc1ccc(OC(=O)N=O)cc1. The van der Waals surface area contributed by atoms with Gasteiger partial charge in [0.2, 0.25) is 0 Å². The summed E-state index contributed by atoms with van der Waals surface area (Å²) in [6.45, 7) is 0. The lowest BCUT2D eigenvalue weighted by Crippen LogP contribution is -2.08. The molecular weight excluding hydrogens is 590 g/mol. The molecule has 12 nitrogen and oxygen atoms in total. The number of hydrogen-bond acceptors (Lipinski definition) is 12. The van der Waals surface area contributed by atoms with Gasteiger partial charge in [-0.15, -0.1) is 16.2 Å². The highest BCUT2D eigenvalue weighted by Gasteiger charge is 2.18. The monoisotopic (exact) mass is 613 g/mol. The van der Waals surface area contributed by atoms with Crippen LogP contribution in [0.4, 0.5) is 4.79 Å². The molecule has 0 aliphatic heterocycles. The van der Waals surface area contributed by atoms with Crippen molar-refractivity contribution in [3.8, 4) is 39.6 Å². The minimum atomic E-state index is -1.21. The number of aliphatic hydroxyl groups excluding tert-OH is 1. The summed E-state index contributed by atoms with van der Waals surface area (Å²) in [4.78, 5) is 47.4. The first-order valence-electron chi connectivity index (χ1n) is 12.4. The first-order valence-corrected chi connectivity index (χ1v) is 13.2. The van der Waals surface area contributed by atoms with E-state index >= 15 is 0 Å². The molecule has 0 unspecified atom stereocenters. The molecule has 5 aromatic rings. The van der Waals surface area contributed by atoms with Crippen molar-refractivity contribution in [2.24, 2.45) is 5.18 Å². The summed E-state index contributed by atoms with van der Waals surface area (Å²) in [5, 5.41) is 28.1. The molecule has 44 heavy (non-hydrogen) atoms. The minimum Gasteiger partial charge on any atom is -0.508 e. The Morgan fingerprint density at radius 3 is 2.11 bits per heavy atom. The number of aldehydes is 1. The molecular formula is C31H23N3O9S. The predicted molar refractivity (Wildman–Crippen MR) is 161 cm³/mol. The molecule has 0 radical (unpaired) electrons. The Morgan fingerprint density at radius 1 is 0.909 bits per heavy atom. The number of aliphatic hydroxyl groups is 1. The zero-order valence-corrected chi connectivity index (χ0v) is 24.0. The van der Waals surface area contributed by atoms with Crippen molar-refractivity contribution in [1.29, 1.82) is 5.26 Å². The maximum absolute atomic E-state index is 12.5. The van der Waals surface area contributed by atoms with Gasteiger partial charge in [-0.2, -0.15) is 5.26 Å². The minimum absolute atomic E-state index is 0.0721. The number of nitroso groups, excluding NO2 is 1. The van der Waals surface area contributed by atoms with Gasteiger partial charge in [0.1, 0.15) is 38.8 Å². The average molecular weight is 614 g/mol. The number of rotatable bonds is 6. The van der Waals surface area contributed by atoms with Gasteiger partial charge in [-0.1, -0.05) is 12.1 Å². The number of aromatic nitrogens is 1. The molecule has 0 atom stereocenters. The van der Waals surface area contributed by atoms with Crippen LogP contribution < -0.4 is 14.2 Å². The van der Waals surface area contributed by atoms with E-state index in [2.05, 4.69) is 15.8 Å². The van der Waals surface area contributed by atoms with Gasteiger partial charge < -0.3 is 24.4 Å². The number of carbonyl (C=O) groups is 3. The largest absolute Gasteiger partial charge is 0.508 e. The third kappa shape index (κ3) is 8.29. The quantitative estimate of drug-likeness (QED) is 0.0969. The summed E-state index contributed by atoms with van der Waals surface area (Å²) in [7, 11) is 2.55. The lowest BCUT2D eigenvalue weighted by atomic mass is 10.1. The van der Waals surface area contributed by atoms with E-state index in [1.54, 1.807) is 31.4 Å². The van der Waals surface area contributed by atoms with Gasteiger partial charge in [0.15, 0.2) is 5.75 Å². The summed E-state index contributed by atoms with van der Waals surface area (Å²) in [5.74, 6) is 0.653. The van der Waals surface area contributed by atoms with Gasteiger partial charge >= 0.3 is 12.1 Å². The van der Waals surface area contributed by atoms with E-state index in [0.29, 0.717) is 44.7 Å². The molecule has 13 heteroatoms. The average Bonchev–Trinajstić information content (AvgIpc) is 3.53. The van der Waals surface area contributed by atoms with Gasteiger partial charge in [0.25, 0.3) is 0 Å². The van der Waals surface area contributed by atoms with Crippen LogP contribution in [0.3, 0.4) is 0 Å². The number of amides is 1. The molecule has 0 saturated heterocycles. The van der Waals surface area contributed by atoms with Gasteiger partial charge in [0, 0.05) is 18.2 Å². The highest BCUT2D eigenvalue weighted by molar-refractivity contribution is 7.22. The first-order chi connectivity index (χ1) is 21.3. The summed E-state index contributed by atoms with van der Waals surface area (Å²) in [6, 6.07) is 24.1. The number of nitriles is 1. The second kappa shape index (κ2) is 15.9. The third-order valence-corrected chi connectivity index (χ3v) is 6.67. The Kier molecular flexibility index (Phi) is 11.7. The van der Waals surface area contributed by atoms with Crippen LogP contribution in [0.15, 0.2) is 90.1 Å². The van der Waals surface area contributed by atoms with Crippen LogP contribution in [-0.4, -0.2) is 47.8 Å². The number of methoxy groups -OCH3 is 1. The Hall–Kier alpha value is -5.97. The number of phenolic OH excluding ortho intramolecular Hbond substituents is 1. The van der Waals surface area contributed by atoms with Gasteiger partial charge in [0.05, 0.1) is 29.5 Å². The summed E-state index contributed by atoms with van der Waals surface area (Å²) >= 11 is 1.37. The number of thiazole rings is 1. The molecule has 0 aliphatic rings. The Labute approximate surface area is 254 Å². The summed E-state index contributed by atoms with van der Waals surface area (Å²) < 4.78 is 16.1. The number of ether oxygens (including phenoxy) is 3. The number of nitrogens with zero attached hydrogens (tertiary/aromatic N) is 3. The summed E-state index contributed by atoms with van der Waals surface area (Å²) in [5.41, 5.74) is 2.79. The van der Waals surface area contributed by atoms with Crippen LogP contribution in [0, 0.1) is 16.2 Å². The van der Waals surface area contributed by atoms with Crippen LogP contribution in [0.5, 0.6) is 23.0 Å². The topological polar surface area (TPSA) is 185 Å². The maximum Gasteiger partial charge on any atom is 0.475 e. The highest BCUT2D eigenvalue weighted by atomic mass is 32.1. The molecule has 0 bridgehead atoms. The van der Waals surface area contributed by atoms with Gasteiger partial charge in [-0.05, 0) is 72.8 Å². The van der Waals surface area contributed by atoms with E-state index in [1.165, 1.54) is 59.9 Å². The van der Waals surface area contributed by atoms with Gasteiger partial charge in [-0.25, -0.2) is 14.6 Å². The Morgan fingerprint density at radius 2 is 1.55 bits per heavy atom. The molecule has 1 heterocycles. The van der Waals surface area contributed by atoms with E-state index in [1.807, 2.05) is 17.3 Å². The standard InChI is InChI=1S/C22H14N2O4S.C8H5NO4.CH4O/c1-27-17-10-11-18(28-22(26)15-6-8-16(25)9-7-15)20-19(17)24-21(29-20)14-4-2-13(12-23)3-5-14;10-5-6-1-3-7(4-2-6)13-8(11)9-12;1-2/h2-11,25H,1H3;1-5H;2H,1H3. The molecule has 5 rings (SSSR count). The van der Waals surface area contributed by atoms with Crippen molar-refractivity contribution in [1.82, 2.24) is 4.98 Å². The number of fused-ring (bicyclic) bond motifs is 1. The number of esters is 1. The second-order valence-electron chi connectivity index (χ2n) is 8.23. The molecule has 0 fully saturated rings. The Balaban J connectivity index is 0.000000296. The number of carbonyl (C=O) groups excluding carboxylic acids is 3. The van der Waals surface area contributed by atoms with Gasteiger partial charge in [-0.3, -0.25) is 4.79 Å². The number of aromatic hydroxyl groups is 1. The molecule has 222 valence electrons. The first kappa shape index (κ1) is 32.5. The Bertz CT molecular complexity index is 1800. The van der Waals surface area contributed by atoms with Crippen molar-refractivity contribution >= 4 is 39.9 Å². The fourth-order valence-electron chi connectivity index (χ4n) is 3.51. The van der Waals surface area contributed by atoms with E-state index in [4.69, 9.17) is 19.8 Å². The van der Waals surface area contributed by atoms with Crippen LogP contribution in [0.1, 0.15) is 26.3 Å². The fourth-order valence-corrected chi connectivity index (χ4v) is 4.54. The number of benzene rings is 4. The summed E-state index contributed by atoms with van der Waals surface area (Å²) in [6.07, 6.45) is -0.553. The van der Waals surface area contributed by atoms with Crippen LogP contribution >= 0.6 is 11.3 Å². The zero-order chi connectivity index (χ0) is 32.1. The maximum atomic E-state index is 12.5. The number of hydrogen-bond donors (Lipinski definition) is 2. The third-order valence-electron chi connectivity index (χ3n) is 5.55. The van der Waals surface area contributed by atoms with E-state index in [9.17, 15) is 24.4 Å². The number of phenols is 1. The molecule has 4 aromatic carbocycles. The van der Waals surface area contributed by atoms with E-state index in [0.717, 1.165) is 17.7 Å². The zero-order valence-electron chi connectivity index (χ0n) is 23.2. The fraction of sp³-hybridized carbons (Fsp3) is 0.0645.